The molecule has 21 heavy (non-hydrogen) atoms. The highest BCUT2D eigenvalue weighted by molar-refractivity contribution is 4.78. The summed E-state index contributed by atoms with van der Waals surface area (Å²) in [5, 5.41) is 3.48. The van der Waals surface area contributed by atoms with Crippen LogP contribution in [0.15, 0.2) is 0 Å². The number of nitrogens with one attached hydrogen (secondary N) is 1. The van der Waals surface area contributed by atoms with Gasteiger partial charge in [-0.25, -0.2) is 0 Å². The molecule has 0 atom stereocenters. The van der Waals surface area contributed by atoms with Gasteiger partial charge in [-0.1, -0.05) is 6.42 Å². The number of hydrogen-bond acceptors (Lipinski definition) is 3. The van der Waals surface area contributed by atoms with Crippen LogP contribution < -0.4 is 5.32 Å². The molecule has 0 amide bonds. The van der Waals surface area contributed by atoms with Crippen LogP contribution in [-0.4, -0.2) is 62.2 Å². The SMILES string of the molecule is C1CCN(CCC2CCN(CC3CCNCC3)CC2)CC1. The van der Waals surface area contributed by atoms with Gasteiger partial charge in [-0.05, 0) is 103 Å². The molecule has 3 rings (SSSR count). The van der Waals surface area contributed by atoms with Crippen LogP contribution in [0.2, 0.25) is 0 Å². The summed E-state index contributed by atoms with van der Waals surface area (Å²) in [6, 6.07) is 0. The van der Waals surface area contributed by atoms with Crippen LogP contribution in [0.3, 0.4) is 0 Å². The van der Waals surface area contributed by atoms with Crippen LogP contribution in [0, 0.1) is 11.8 Å². The molecule has 3 heteroatoms. The summed E-state index contributed by atoms with van der Waals surface area (Å²) in [5.74, 6) is 1.98. The first-order valence-corrected chi connectivity index (χ1v) is 9.55. The Labute approximate surface area is 131 Å². The molecule has 0 aromatic rings. The molecule has 0 aliphatic carbocycles. The second kappa shape index (κ2) is 8.50. The summed E-state index contributed by atoms with van der Waals surface area (Å²) in [5.41, 5.74) is 0. The second-order valence-corrected chi connectivity index (χ2v) is 7.63. The van der Waals surface area contributed by atoms with E-state index in [0.717, 1.165) is 11.8 Å². The van der Waals surface area contributed by atoms with Crippen LogP contribution in [0.1, 0.15) is 51.4 Å². The Morgan fingerprint density at radius 3 is 2.14 bits per heavy atom. The third-order valence-corrected chi connectivity index (χ3v) is 5.98. The van der Waals surface area contributed by atoms with Crippen molar-refractivity contribution in [3.05, 3.63) is 0 Å². The van der Waals surface area contributed by atoms with E-state index in [4.69, 9.17) is 0 Å². The standard InChI is InChI=1S/C18H35N3/c1-2-11-20(12-3-1)13-6-17-7-14-21(15-8-17)16-18-4-9-19-10-5-18/h17-19H,1-16H2. The van der Waals surface area contributed by atoms with Gasteiger partial charge in [0.05, 0.1) is 0 Å². The smallest absolute Gasteiger partial charge is 0.00106 e. The average molecular weight is 293 g/mol. The van der Waals surface area contributed by atoms with E-state index in [-0.39, 0.29) is 0 Å². The summed E-state index contributed by atoms with van der Waals surface area (Å²) >= 11 is 0. The zero-order valence-electron chi connectivity index (χ0n) is 13.9. The van der Waals surface area contributed by atoms with E-state index in [1.165, 1.54) is 104 Å². The van der Waals surface area contributed by atoms with Gasteiger partial charge in [0.15, 0.2) is 0 Å². The summed E-state index contributed by atoms with van der Waals surface area (Å²) in [6.45, 7) is 10.7. The van der Waals surface area contributed by atoms with E-state index in [9.17, 15) is 0 Å². The van der Waals surface area contributed by atoms with Crippen LogP contribution >= 0.6 is 0 Å². The normalized spacial score (nSPS) is 28.0. The van der Waals surface area contributed by atoms with E-state index < -0.39 is 0 Å². The first-order chi connectivity index (χ1) is 10.4. The van der Waals surface area contributed by atoms with Crippen molar-refractivity contribution in [2.24, 2.45) is 11.8 Å². The van der Waals surface area contributed by atoms with E-state index in [2.05, 4.69) is 15.1 Å². The molecule has 0 spiro atoms. The van der Waals surface area contributed by atoms with Crippen LogP contribution in [-0.2, 0) is 0 Å². The maximum absolute atomic E-state index is 3.48. The molecule has 0 bridgehead atoms. The monoisotopic (exact) mass is 293 g/mol. The Bertz CT molecular complexity index is 274. The molecule has 0 aromatic heterocycles. The van der Waals surface area contributed by atoms with Crippen LogP contribution in [0.5, 0.6) is 0 Å². The van der Waals surface area contributed by atoms with Gasteiger partial charge < -0.3 is 15.1 Å². The van der Waals surface area contributed by atoms with E-state index >= 15 is 0 Å². The van der Waals surface area contributed by atoms with Crippen molar-refractivity contribution in [1.82, 2.24) is 15.1 Å². The molecule has 3 aliphatic rings. The second-order valence-electron chi connectivity index (χ2n) is 7.63. The molecular formula is C18H35N3. The first-order valence-electron chi connectivity index (χ1n) is 9.55. The zero-order chi connectivity index (χ0) is 14.3. The molecule has 3 nitrogen and oxygen atoms in total. The highest BCUT2D eigenvalue weighted by Crippen LogP contribution is 2.23. The molecule has 0 radical (unpaired) electrons. The van der Waals surface area contributed by atoms with Crippen LogP contribution in [0.4, 0.5) is 0 Å². The van der Waals surface area contributed by atoms with Crippen molar-refractivity contribution < 1.29 is 0 Å². The fraction of sp³-hybridized carbons (Fsp3) is 1.00. The molecular weight excluding hydrogens is 258 g/mol. The number of nitrogens with zero attached hydrogens (tertiary/aromatic N) is 2. The lowest BCUT2D eigenvalue weighted by Crippen LogP contribution is -2.41. The maximum Gasteiger partial charge on any atom is 0.00106 e. The quantitative estimate of drug-likeness (QED) is 0.840. The fourth-order valence-electron chi connectivity index (χ4n) is 4.44. The van der Waals surface area contributed by atoms with Crippen molar-refractivity contribution in [2.45, 2.75) is 51.4 Å². The average Bonchev–Trinajstić information content (AvgIpc) is 2.56. The van der Waals surface area contributed by atoms with Gasteiger partial charge >= 0.3 is 0 Å². The largest absolute Gasteiger partial charge is 0.317 e. The van der Waals surface area contributed by atoms with Crippen molar-refractivity contribution in [3.8, 4) is 0 Å². The summed E-state index contributed by atoms with van der Waals surface area (Å²) in [4.78, 5) is 5.47. The van der Waals surface area contributed by atoms with Gasteiger partial charge in [-0.3, -0.25) is 0 Å². The van der Waals surface area contributed by atoms with Gasteiger partial charge in [0.1, 0.15) is 0 Å². The molecule has 3 fully saturated rings. The van der Waals surface area contributed by atoms with E-state index in [0.29, 0.717) is 0 Å². The van der Waals surface area contributed by atoms with Gasteiger partial charge in [-0.2, -0.15) is 0 Å². The van der Waals surface area contributed by atoms with Crippen molar-refractivity contribution >= 4 is 0 Å². The molecule has 0 saturated carbocycles. The molecule has 1 N–H and O–H groups in total. The summed E-state index contributed by atoms with van der Waals surface area (Å²) in [6.07, 6.45) is 11.5. The lowest BCUT2D eigenvalue weighted by Gasteiger charge is -2.36. The van der Waals surface area contributed by atoms with Crippen molar-refractivity contribution in [2.75, 3.05) is 52.4 Å². The Morgan fingerprint density at radius 2 is 1.43 bits per heavy atom. The van der Waals surface area contributed by atoms with Crippen LogP contribution in [0.25, 0.3) is 0 Å². The molecule has 3 heterocycles. The zero-order valence-corrected chi connectivity index (χ0v) is 13.9. The number of hydrogen-bond donors (Lipinski definition) is 1. The predicted molar refractivity (Wildman–Crippen MR) is 89.7 cm³/mol. The third kappa shape index (κ3) is 5.22. The van der Waals surface area contributed by atoms with E-state index in [1.54, 1.807) is 0 Å². The summed E-state index contributed by atoms with van der Waals surface area (Å²) < 4.78 is 0. The molecule has 3 aliphatic heterocycles. The van der Waals surface area contributed by atoms with Crippen molar-refractivity contribution in [3.63, 3.8) is 0 Å². The number of likely N-dealkylation sites (tertiary alicyclic amines) is 2. The Morgan fingerprint density at radius 1 is 0.714 bits per heavy atom. The Hall–Kier alpha value is -0.120. The van der Waals surface area contributed by atoms with Gasteiger partial charge in [0.2, 0.25) is 0 Å². The minimum atomic E-state index is 0.969. The molecule has 0 aromatic carbocycles. The molecule has 3 saturated heterocycles. The lowest BCUT2D eigenvalue weighted by molar-refractivity contribution is 0.133. The number of piperidine rings is 3. The topological polar surface area (TPSA) is 18.5 Å². The predicted octanol–water partition coefficient (Wildman–Crippen LogP) is 2.57. The maximum atomic E-state index is 3.48. The van der Waals surface area contributed by atoms with Crippen molar-refractivity contribution in [1.29, 1.82) is 0 Å². The minimum Gasteiger partial charge on any atom is -0.317 e. The van der Waals surface area contributed by atoms with Gasteiger partial charge in [-0.15, -0.1) is 0 Å². The number of rotatable bonds is 5. The first kappa shape index (κ1) is 15.8. The minimum absolute atomic E-state index is 0.969. The fourth-order valence-corrected chi connectivity index (χ4v) is 4.44. The molecule has 122 valence electrons. The Kier molecular flexibility index (Phi) is 6.38. The highest BCUT2D eigenvalue weighted by atomic mass is 15.1. The molecule has 0 unspecified atom stereocenters. The highest BCUT2D eigenvalue weighted by Gasteiger charge is 2.23. The third-order valence-electron chi connectivity index (χ3n) is 5.98. The van der Waals surface area contributed by atoms with E-state index in [1.807, 2.05) is 0 Å². The van der Waals surface area contributed by atoms with Gasteiger partial charge in [0.25, 0.3) is 0 Å². The van der Waals surface area contributed by atoms with Gasteiger partial charge in [0, 0.05) is 6.54 Å². The Balaban J connectivity index is 1.29. The lowest BCUT2D eigenvalue weighted by atomic mass is 9.91. The summed E-state index contributed by atoms with van der Waals surface area (Å²) in [7, 11) is 0.